The highest BCUT2D eigenvalue weighted by Gasteiger charge is 2.22. The van der Waals surface area contributed by atoms with Gasteiger partial charge in [-0.2, -0.15) is 0 Å². The summed E-state index contributed by atoms with van der Waals surface area (Å²) in [6.07, 6.45) is -0.146. The van der Waals surface area contributed by atoms with Crippen molar-refractivity contribution in [3.63, 3.8) is 0 Å². The minimum Gasteiger partial charge on any atom is -0.490 e. The van der Waals surface area contributed by atoms with E-state index in [1.165, 1.54) is 26.8 Å². The number of nitrogens with one attached hydrogen (secondary N) is 1. The topological polar surface area (TPSA) is 90.9 Å². The van der Waals surface area contributed by atoms with Gasteiger partial charge >= 0.3 is 11.9 Å². The molecule has 0 aliphatic carbocycles. The van der Waals surface area contributed by atoms with Gasteiger partial charge in [-0.1, -0.05) is 12.1 Å². The van der Waals surface area contributed by atoms with Crippen LogP contribution >= 0.6 is 0 Å². The van der Waals surface area contributed by atoms with Crippen LogP contribution in [-0.4, -0.2) is 23.9 Å². The summed E-state index contributed by atoms with van der Waals surface area (Å²) >= 11 is 0. The van der Waals surface area contributed by atoms with Crippen LogP contribution in [0.15, 0.2) is 24.3 Å². The quantitative estimate of drug-likeness (QED) is 0.650. The number of benzene rings is 2. The highest BCUT2D eigenvalue weighted by Crippen LogP contribution is 2.45. The smallest absolute Gasteiger partial charge is 0.308 e. The third kappa shape index (κ3) is 4.50. The van der Waals surface area contributed by atoms with Gasteiger partial charge in [-0.3, -0.25) is 14.4 Å². The van der Waals surface area contributed by atoms with Crippen LogP contribution in [0.25, 0.3) is 10.8 Å². The second-order valence-electron chi connectivity index (χ2n) is 5.97. The lowest BCUT2D eigenvalue weighted by Gasteiger charge is -2.19. The molecule has 0 aliphatic rings. The Morgan fingerprint density at radius 2 is 1.62 bits per heavy atom. The van der Waals surface area contributed by atoms with Gasteiger partial charge in [0.1, 0.15) is 5.75 Å². The van der Waals surface area contributed by atoms with Crippen molar-refractivity contribution in [3.8, 4) is 17.2 Å². The third-order valence-electron chi connectivity index (χ3n) is 3.22. The summed E-state index contributed by atoms with van der Waals surface area (Å²) in [5, 5.41) is 3.71. The zero-order valence-corrected chi connectivity index (χ0v) is 15.3. The molecule has 7 heteroatoms. The van der Waals surface area contributed by atoms with E-state index in [4.69, 9.17) is 14.2 Å². The molecule has 138 valence electrons. The second kappa shape index (κ2) is 7.86. The number of amides is 1. The van der Waals surface area contributed by atoms with Crippen molar-refractivity contribution < 1.29 is 28.6 Å². The zero-order valence-electron chi connectivity index (χ0n) is 15.3. The van der Waals surface area contributed by atoms with Crippen LogP contribution in [0, 0.1) is 0 Å². The number of hydrogen-bond donors (Lipinski definition) is 1. The molecule has 26 heavy (non-hydrogen) atoms. The fraction of sp³-hybridized carbons (Fsp3) is 0.316. The lowest BCUT2D eigenvalue weighted by atomic mass is 10.1. The van der Waals surface area contributed by atoms with E-state index in [-0.39, 0.29) is 23.5 Å². The summed E-state index contributed by atoms with van der Waals surface area (Å²) in [6, 6.07) is 6.67. The molecule has 0 spiro atoms. The summed E-state index contributed by atoms with van der Waals surface area (Å²) in [4.78, 5) is 34.7. The number of ether oxygens (including phenoxy) is 3. The number of rotatable bonds is 5. The van der Waals surface area contributed by atoms with Crippen molar-refractivity contribution in [3.05, 3.63) is 24.3 Å². The third-order valence-corrected chi connectivity index (χ3v) is 3.22. The maximum Gasteiger partial charge on any atom is 0.308 e. The number of carbonyl (C=O) groups is 3. The Balaban J connectivity index is 2.87. The van der Waals surface area contributed by atoms with Gasteiger partial charge in [0, 0.05) is 32.2 Å². The van der Waals surface area contributed by atoms with Gasteiger partial charge in [0.25, 0.3) is 0 Å². The van der Waals surface area contributed by atoms with Crippen molar-refractivity contribution in [1.29, 1.82) is 0 Å². The Bertz CT molecular complexity index is 872. The fourth-order valence-corrected chi connectivity index (χ4v) is 2.51. The van der Waals surface area contributed by atoms with Crippen LogP contribution in [0.3, 0.4) is 0 Å². The first-order chi connectivity index (χ1) is 12.2. The van der Waals surface area contributed by atoms with E-state index in [2.05, 4.69) is 5.32 Å². The summed E-state index contributed by atoms with van der Waals surface area (Å²) in [5.74, 6) is -0.943. The monoisotopic (exact) mass is 359 g/mol. The largest absolute Gasteiger partial charge is 0.490 e. The lowest BCUT2D eigenvalue weighted by molar-refractivity contribution is -0.134. The number of fused-ring (bicyclic) bond motifs is 1. The molecule has 7 nitrogen and oxygen atoms in total. The Hall–Kier alpha value is -3.09. The van der Waals surface area contributed by atoms with Crippen LogP contribution in [0.5, 0.6) is 17.2 Å². The van der Waals surface area contributed by atoms with Gasteiger partial charge < -0.3 is 19.5 Å². The molecule has 0 atom stereocenters. The second-order valence-corrected chi connectivity index (χ2v) is 5.97. The summed E-state index contributed by atoms with van der Waals surface area (Å²) in [5.41, 5.74) is 0.411. The average Bonchev–Trinajstić information content (AvgIpc) is 2.49. The molecule has 2 rings (SSSR count). The minimum absolute atomic E-state index is 0.0358. The highest BCUT2D eigenvalue weighted by molar-refractivity contribution is 6.08. The van der Waals surface area contributed by atoms with Crippen molar-refractivity contribution in [2.24, 2.45) is 0 Å². The van der Waals surface area contributed by atoms with E-state index in [0.29, 0.717) is 22.2 Å². The molecule has 0 heterocycles. The van der Waals surface area contributed by atoms with E-state index in [0.717, 1.165) is 0 Å². The maximum absolute atomic E-state index is 11.6. The van der Waals surface area contributed by atoms with Crippen molar-refractivity contribution >= 4 is 34.3 Å². The first-order valence-electron chi connectivity index (χ1n) is 8.09. The Morgan fingerprint density at radius 1 is 0.962 bits per heavy atom. The van der Waals surface area contributed by atoms with Crippen LogP contribution in [-0.2, 0) is 14.4 Å². The van der Waals surface area contributed by atoms with Crippen molar-refractivity contribution in [1.82, 2.24) is 0 Å². The van der Waals surface area contributed by atoms with Gasteiger partial charge in [-0.05, 0) is 19.9 Å². The van der Waals surface area contributed by atoms with E-state index < -0.39 is 11.9 Å². The van der Waals surface area contributed by atoms with Crippen LogP contribution in [0.1, 0.15) is 34.6 Å². The normalized spacial score (nSPS) is 10.5. The molecule has 0 unspecified atom stereocenters. The molecule has 1 amide bonds. The summed E-state index contributed by atoms with van der Waals surface area (Å²) in [7, 11) is 0. The molecular formula is C19H21NO6. The Kier molecular flexibility index (Phi) is 5.82. The number of esters is 2. The zero-order chi connectivity index (χ0) is 19.4. The molecule has 0 saturated carbocycles. The Labute approximate surface area is 151 Å². The van der Waals surface area contributed by atoms with E-state index in [1.807, 2.05) is 13.8 Å². The average molecular weight is 359 g/mol. The predicted octanol–water partition coefficient (Wildman–Crippen LogP) is 3.44. The Morgan fingerprint density at radius 3 is 2.15 bits per heavy atom. The minimum atomic E-state index is -0.588. The fourth-order valence-electron chi connectivity index (χ4n) is 2.51. The lowest BCUT2D eigenvalue weighted by Crippen LogP contribution is -2.12. The van der Waals surface area contributed by atoms with Crippen LogP contribution in [0.4, 0.5) is 5.69 Å². The molecule has 0 bridgehead atoms. The number of anilines is 1. The van der Waals surface area contributed by atoms with E-state index >= 15 is 0 Å². The van der Waals surface area contributed by atoms with Crippen molar-refractivity contribution in [2.45, 2.75) is 40.7 Å². The molecule has 2 aromatic carbocycles. The molecule has 0 fully saturated rings. The molecule has 0 radical (unpaired) electrons. The van der Waals surface area contributed by atoms with Gasteiger partial charge in [0.15, 0.2) is 11.5 Å². The molecule has 0 aromatic heterocycles. The summed E-state index contributed by atoms with van der Waals surface area (Å²) < 4.78 is 16.4. The maximum atomic E-state index is 11.6. The first-order valence-corrected chi connectivity index (χ1v) is 8.09. The standard InChI is InChI=1S/C19H21NO6/c1-10(2)24-16-9-17(25-12(4)22)19(26-13(5)23)18-14(16)7-6-8-15(18)20-11(3)21/h6-10H,1-5H3,(H,20,21). The van der Waals surface area contributed by atoms with Gasteiger partial charge in [-0.25, -0.2) is 0 Å². The molecule has 1 N–H and O–H groups in total. The van der Waals surface area contributed by atoms with Gasteiger partial charge in [-0.15, -0.1) is 0 Å². The number of hydrogen-bond acceptors (Lipinski definition) is 6. The van der Waals surface area contributed by atoms with Gasteiger partial charge in [0.05, 0.1) is 17.2 Å². The predicted molar refractivity (Wildman–Crippen MR) is 96.6 cm³/mol. The molecule has 0 aliphatic heterocycles. The molecular weight excluding hydrogens is 338 g/mol. The SMILES string of the molecule is CC(=O)Nc1cccc2c(OC(C)C)cc(OC(C)=O)c(OC(C)=O)c12. The molecule has 2 aromatic rings. The summed E-state index contributed by atoms with van der Waals surface area (Å²) in [6.45, 7) is 7.56. The highest BCUT2D eigenvalue weighted by atomic mass is 16.6. The first kappa shape index (κ1) is 19.2. The van der Waals surface area contributed by atoms with Crippen LogP contribution < -0.4 is 19.5 Å². The van der Waals surface area contributed by atoms with E-state index in [1.54, 1.807) is 18.2 Å². The molecule has 0 saturated heterocycles. The van der Waals surface area contributed by atoms with Crippen LogP contribution in [0.2, 0.25) is 0 Å². The number of carbonyl (C=O) groups excluding carboxylic acids is 3. The van der Waals surface area contributed by atoms with E-state index in [9.17, 15) is 14.4 Å². The van der Waals surface area contributed by atoms with Crippen molar-refractivity contribution in [2.75, 3.05) is 5.32 Å². The van der Waals surface area contributed by atoms with Gasteiger partial charge in [0.2, 0.25) is 5.91 Å².